The molecule has 2 fully saturated rings. The van der Waals surface area contributed by atoms with Gasteiger partial charge in [0.1, 0.15) is 6.04 Å². The molecule has 0 aromatic carbocycles. The van der Waals surface area contributed by atoms with Crippen LogP contribution in [-0.2, 0) is 14.3 Å². The van der Waals surface area contributed by atoms with Crippen LogP contribution in [0.4, 0.5) is 0 Å². The normalized spacial score (nSPS) is 30.1. The van der Waals surface area contributed by atoms with Crippen LogP contribution in [0.2, 0.25) is 0 Å². The van der Waals surface area contributed by atoms with Gasteiger partial charge in [0.15, 0.2) is 0 Å². The number of nitrogens with one attached hydrogen (secondary N) is 2. The molecular formula is C10H18N2O3. The molecule has 5 heteroatoms. The number of morpholine rings is 1. The van der Waals surface area contributed by atoms with Gasteiger partial charge in [-0.25, -0.2) is 0 Å². The number of rotatable bonds is 1. The SMILES string of the molecule is COC(=O)C1COCC2(CCNCC2)N1. The number of piperidine rings is 1. The van der Waals surface area contributed by atoms with Crippen molar-refractivity contribution in [1.29, 1.82) is 0 Å². The van der Waals surface area contributed by atoms with E-state index in [1.54, 1.807) is 0 Å². The van der Waals surface area contributed by atoms with Crippen molar-refractivity contribution >= 4 is 5.97 Å². The Hall–Kier alpha value is -0.650. The second-order valence-corrected chi connectivity index (χ2v) is 4.27. The minimum Gasteiger partial charge on any atom is -0.468 e. The average molecular weight is 214 g/mol. The topological polar surface area (TPSA) is 59.6 Å². The molecule has 1 atom stereocenters. The summed E-state index contributed by atoms with van der Waals surface area (Å²) in [6, 6.07) is -0.304. The Morgan fingerprint density at radius 1 is 1.47 bits per heavy atom. The lowest BCUT2D eigenvalue weighted by atomic mass is 9.87. The van der Waals surface area contributed by atoms with E-state index in [2.05, 4.69) is 10.6 Å². The summed E-state index contributed by atoms with van der Waals surface area (Å²) in [5, 5.41) is 6.68. The largest absolute Gasteiger partial charge is 0.468 e. The zero-order valence-electron chi connectivity index (χ0n) is 9.04. The lowest BCUT2D eigenvalue weighted by Gasteiger charge is -2.43. The number of hydrogen-bond donors (Lipinski definition) is 2. The molecule has 0 bridgehead atoms. The van der Waals surface area contributed by atoms with Crippen molar-refractivity contribution in [1.82, 2.24) is 10.6 Å². The molecule has 15 heavy (non-hydrogen) atoms. The molecule has 0 aromatic rings. The first-order valence-electron chi connectivity index (χ1n) is 5.40. The second kappa shape index (κ2) is 4.47. The van der Waals surface area contributed by atoms with E-state index in [1.165, 1.54) is 7.11 Å². The van der Waals surface area contributed by atoms with E-state index in [9.17, 15) is 4.79 Å². The van der Waals surface area contributed by atoms with Gasteiger partial charge in [-0.05, 0) is 25.9 Å². The molecule has 2 aliphatic rings. The van der Waals surface area contributed by atoms with Gasteiger partial charge in [0.2, 0.25) is 0 Å². The second-order valence-electron chi connectivity index (χ2n) is 4.27. The third-order valence-corrected chi connectivity index (χ3v) is 3.19. The molecule has 2 saturated heterocycles. The van der Waals surface area contributed by atoms with Gasteiger partial charge in [-0.2, -0.15) is 0 Å². The third kappa shape index (κ3) is 2.30. The van der Waals surface area contributed by atoms with Crippen LogP contribution >= 0.6 is 0 Å². The molecule has 5 nitrogen and oxygen atoms in total. The van der Waals surface area contributed by atoms with E-state index < -0.39 is 0 Å². The Balaban J connectivity index is 1.99. The summed E-state index contributed by atoms with van der Waals surface area (Å²) in [5.74, 6) is -0.229. The highest BCUT2D eigenvalue weighted by Crippen LogP contribution is 2.23. The van der Waals surface area contributed by atoms with Gasteiger partial charge in [0, 0.05) is 5.54 Å². The summed E-state index contributed by atoms with van der Waals surface area (Å²) in [7, 11) is 1.41. The number of hydrogen-bond acceptors (Lipinski definition) is 5. The first-order chi connectivity index (χ1) is 7.26. The zero-order chi connectivity index (χ0) is 10.7. The highest BCUT2D eigenvalue weighted by Gasteiger charge is 2.40. The summed E-state index contributed by atoms with van der Waals surface area (Å²) in [6.45, 7) is 3.07. The van der Waals surface area contributed by atoms with Crippen molar-refractivity contribution in [2.24, 2.45) is 0 Å². The molecule has 0 aromatic heterocycles. The molecule has 0 saturated carbocycles. The Labute approximate surface area is 89.5 Å². The Bertz CT molecular complexity index is 233. The van der Waals surface area contributed by atoms with Crippen LogP contribution in [0.25, 0.3) is 0 Å². The first-order valence-corrected chi connectivity index (χ1v) is 5.40. The van der Waals surface area contributed by atoms with Crippen molar-refractivity contribution in [2.45, 2.75) is 24.4 Å². The van der Waals surface area contributed by atoms with E-state index in [4.69, 9.17) is 9.47 Å². The summed E-state index contributed by atoms with van der Waals surface area (Å²) in [4.78, 5) is 11.4. The number of carbonyl (C=O) groups excluding carboxylic acids is 1. The maximum atomic E-state index is 11.4. The molecule has 2 rings (SSSR count). The predicted molar refractivity (Wildman–Crippen MR) is 54.6 cm³/mol. The molecule has 0 amide bonds. The first kappa shape index (κ1) is 10.9. The fourth-order valence-corrected chi connectivity index (χ4v) is 2.29. The van der Waals surface area contributed by atoms with Crippen molar-refractivity contribution < 1.29 is 14.3 Å². The van der Waals surface area contributed by atoms with E-state index in [-0.39, 0.29) is 17.6 Å². The summed E-state index contributed by atoms with van der Waals surface area (Å²) >= 11 is 0. The van der Waals surface area contributed by atoms with Gasteiger partial charge in [-0.1, -0.05) is 0 Å². The zero-order valence-corrected chi connectivity index (χ0v) is 9.04. The molecular weight excluding hydrogens is 196 g/mol. The third-order valence-electron chi connectivity index (χ3n) is 3.19. The quantitative estimate of drug-likeness (QED) is 0.564. The molecule has 2 heterocycles. The van der Waals surface area contributed by atoms with Crippen LogP contribution in [-0.4, -0.2) is 51.0 Å². The van der Waals surface area contributed by atoms with Crippen LogP contribution in [0.1, 0.15) is 12.8 Å². The van der Waals surface area contributed by atoms with Gasteiger partial charge in [-0.3, -0.25) is 10.1 Å². The van der Waals surface area contributed by atoms with Crippen molar-refractivity contribution in [3.63, 3.8) is 0 Å². The van der Waals surface area contributed by atoms with E-state index >= 15 is 0 Å². The van der Waals surface area contributed by atoms with Crippen LogP contribution < -0.4 is 10.6 Å². The van der Waals surface area contributed by atoms with Crippen LogP contribution in [0.5, 0.6) is 0 Å². The van der Waals surface area contributed by atoms with Crippen molar-refractivity contribution in [3.05, 3.63) is 0 Å². The van der Waals surface area contributed by atoms with Crippen molar-refractivity contribution in [2.75, 3.05) is 33.4 Å². The predicted octanol–water partition coefficient (Wildman–Crippen LogP) is -0.730. The molecule has 0 aliphatic carbocycles. The van der Waals surface area contributed by atoms with Gasteiger partial charge in [-0.15, -0.1) is 0 Å². The van der Waals surface area contributed by atoms with Gasteiger partial charge in [0.25, 0.3) is 0 Å². The van der Waals surface area contributed by atoms with E-state index in [0.29, 0.717) is 13.2 Å². The molecule has 0 radical (unpaired) electrons. The molecule has 1 unspecified atom stereocenters. The lowest BCUT2D eigenvalue weighted by molar-refractivity contribution is -0.149. The number of methoxy groups -OCH3 is 1. The molecule has 1 spiro atoms. The maximum Gasteiger partial charge on any atom is 0.325 e. The van der Waals surface area contributed by atoms with E-state index in [0.717, 1.165) is 25.9 Å². The van der Waals surface area contributed by atoms with Crippen LogP contribution in [0, 0.1) is 0 Å². The van der Waals surface area contributed by atoms with Crippen LogP contribution in [0.15, 0.2) is 0 Å². The Morgan fingerprint density at radius 2 is 2.20 bits per heavy atom. The molecule has 2 N–H and O–H groups in total. The summed E-state index contributed by atoms with van der Waals surface area (Å²) < 4.78 is 10.2. The monoisotopic (exact) mass is 214 g/mol. The molecule has 2 aliphatic heterocycles. The lowest BCUT2D eigenvalue weighted by Crippen LogP contribution is -2.64. The fourth-order valence-electron chi connectivity index (χ4n) is 2.29. The standard InChI is InChI=1S/C10H18N2O3/c1-14-9(13)8-6-15-7-10(12-8)2-4-11-5-3-10/h8,11-12H,2-7H2,1H3. The highest BCUT2D eigenvalue weighted by atomic mass is 16.5. The minimum atomic E-state index is -0.304. The summed E-state index contributed by atoms with van der Waals surface area (Å²) in [6.07, 6.45) is 2.00. The van der Waals surface area contributed by atoms with Gasteiger partial charge >= 0.3 is 5.97 Å². The average Bonchev–Trinajstić information content (AvgIpc) is 2.29. The van der Waals surface area contributed by atoms with Crippen molar-refractivity contribution in [3.8, 4) is 0 Å². The molecule has 86 valence electrons. The minimum absolute atomic E-state index is 0.0254. The van der Waals surface area contributed by atoms with Gasteiger partial charge < -0.3 is 14.8 Å². The Kier molecular flexibility index (Phi) is 3.23. The highest BCUT2D eigenvalue weighted by molar-refractivity contribution is 5.76. The smallest absolute Gasteiger partial charge is 0.325 e. The summed E-state index contributed by atoms with van der Waals surface area (Å²) in [5.41, 5.74) is -0.0254. The van der Waals surface area contributed by atoms with Crippen LogP contribution in [0.3, 0.4) is 0 Å². The Morgan fingerprint density at radius 3 is 2.87 bits per heavy atom. The number of esters is 1. The fraction of sp³-hybridized carbons (Fsp3) is 0.900. The van der Waals surface area contributed by atoms with E-state index in [1.807, 2.05) is 0 Å². The maximum absolute atomic E-state index is 11.4. The number of carbonyl (C=O) groups is 1. The number of ether oxygens (including phenoxy) is 2. The van der Waals surface area contributed by atoms with Gasteiger partial charge in [0.05, 0.1) is 20.3 Å².